The fourth-order valence-electron chi connectivity index (χ4n) is 1.34. The number of carbonyl (C=O) groups is 1. The molecule has 0 unspecified atom stereocenters. The minimum absolute atomic E-state index is 0.227. The van der Waals surface area contributed by atoms with Gasteiger partial charge in [0, 0.05) is 19.3 Å². The third-order valence-corrected chi connectivity index (χ3v) is 2.32. The molecule has 18 heavy (non-hydrogen) atoms. The second-order valence-corrected chi connectivity index (χ2v) is 3.72. The standard InChI is InChI=1S/C13H17N3O2/c1-3-18-12-7-5-11(6-8-12)15-13(17)16(2)10-4-9-14/h5-8H,3-4,10H2,1-2H3,(H,15,17). The molecule has 0 aliphatic carbocycles. The summed E-state index contributed by atoms with van der Waals surface area (Å²) in [6.45, 7) is 2.95. The summed E-state index contributed by atoms with van der Waals surface area (Å²) < 4.78 is 5.31. The third-order valence-electron chi connectivity index (χ3n) is 2.32. The molecule has 1 aromatic rings. The van der Waals surface area contributed by atoms with Gasteiger partial charge in [-0.2, -0.15) is 5.26 Å². The van der Waals surface area contributed by atoms with Crippen LogP contribution in [0.5, 0.6) is 5.75 Å². The molecule has 2 amide bonds. The van der Waals surface area contributed by atoms with Crippen molar-refractivity contribution in [2.24, 2.45) is 0 Å². The monoisotopic (exact) mass is 247 g/mol. The molecule has 0 heterocycles. The van der Waals surface area contributed by atoms with Gasteiger partial charge in [0.2, 0.25) is 0 Å². The van der Waals surface area contributed by atoms with Crippen LogP contribution in [0.15, 0.2) is 24.3 Å². The van der Waals surface area contributed by atoms with Gasteiger partial charge in [0.15, 0.2) is 0 Å². The maximum absolute atomic E-state index is 11.7. The van der Waals surface area contributed by atoms with Crippen LogP contribution in [0, 0.1) is 11.3 Å². The summed E-state index contributed by atoms with van der Waals surface area (Å²) in [5.74, 6) is 0.772. The van der Waals surface area contributed by atoms with E-state index in [4.69, 9.17) is 10.00 Å². The van der Waals surface area contributed by atoms with E-state index in [0.29, 0.717) is 25.3 Å². The molecule has 0 atom stereocenters. The highest BCUT2D eigenvalue weighted by Crippen LogP contribution is 2.15. The lowest BCUT2D eigenvalue weighted by Gasteiger charge is -2.16. The summed E-state index contributed by atoms with van der Waals surface area (Å²) in [5.41, 5.74) is 0.701. The first kappa shape index (κ1) is 13.8. The molecule has 1 N–H and O–H groups in total. The Labute approximate surface area is 107 Å². The van der Waals surface area contributed by atoms with Gasteiger partial charge in [-0.05, 0) is 31.2 Å². The summed E-state index contributed by atoms with van der Waals surface area (Å²) in [7, 11) is 1.65. The fraction of sp³-hybridized carbons (Fsp3) is 0.385. The van der Waals surface area contributed by atoms with E-state index in [0.717, 1.165) is 5.75 Å². The minimum atomic E-state index is -0.227. The molecule has 0 saturated heterocycles. The van der Waals surface area contributed by atoms with Crippen LogP contribution in [0.4, 0.5) is 10.5 Å². The van der Waals surface area contributed by atoms with Crippen molar-refractivity contribution in [1.29, 1.82) is 5.26 Å². The van der Waals surface area contributed by atoms with Crippen LogP contribution in [0.1, 0.15) is 13.3 Å². The second kappa shape index (κ2) is 7.17. The molecule has 1 aromatic carbocycles. The zero-order valence-electron chi connectivity index (χ0n) is 10.6. The SMILES string of the molecule is CCOc1ccc(NC(=O)N(C)CCC#N)cc1. The van der Waals surface area contributed by atoms with Crippen molar-refractivity contribution in [3.8, 4) is 11.8 Å². The lowest BCUT2D eigenvalue weighted by Crippen LogP contribution is -2.31. The molecule has 0 spiro atoms. The van der Waals surface area contributed by atoms with Crippen LogP contribution in [0.25, 0.3) is 0 Å². The van der Waals surface area contributed by atoms with Gasteiger partial charge in [-0.1, -0.05) is 0 Å². The van der Waals surface area contributed by atoms with Crippen molar-refractivity contribution >= 4 is 11.7 Å². The first-order valence-electron chi connectivity index (χ1n) is 5.79. The Morgan fingerprint density at radius 3 is 2.67 bits per heavy atom. The van der Waals surface area contributed by atoms with Crippen molar-refractivity contribution < 1.29 is 9.53 Å². The molecular weight excluding hydrogens is 230 g/mol. The topological polar surface area (TPSA) is 65.4 Å². The second-order valence-electron chi connectivity index (χ2n) is 3.72. The summed E-state index contributed by atoms with van der Waals surface area (Å²) in [6, 6.07) is 8.93. The molecule has 0 bridgehead atoms. The van der Waals surface area contributed by atoms with Gasteiger partial charge in [-0.15, -0.1) is 0 Å². The quantitative estimate of drug-likeness (QED) is 0.869. The van der Waals surface area contributed by atoms with E-state index in [1.165, 1.54) is 4.90 Å². The van der Waals surface area contributed by atoms with Gasteiger partial charge in [0.05, 0.1) is 19.1 Å². The fourth-order valence-corrected chi connectivity index (χ4v) is 1.34. The molecule has 0 fully saturated rings. The van der Waals surface area contributed by atoms with Crippen LogP contribution < -0.4 is 10.1 Å². The van der Waals surface area contributed by atoms with Gasteiger partial charge in [-0.25, -0.2) is 4.79 Å². The van der Waals surface area contributed by atoms with Crippen molar-refractivity contribution in [1.82, 2.24) is 4.90 Å². The highest BCUT2D eigenvalue weighted by molar-refractivity contribution is 5.89. The number of nitriles is 1. The first-order valence-corrected chi connectivity index (χ1v) is 5.79. The molecule has 0 aromatic heterocycles. The molecule has 5 heteroatoms. The number of hydrogen-bond acceptors (Lipinski definition) is 3. The average Bonchev–Trinajstić information content (AvgIpc) is 2.38. The number of urea groups is 1. The molecule has 0 radical (unpaired) electrons. The smallest absolute Gasteiger partial charge is 0.321 e. The Hall–Kier alpha value is -2.22. The summed E-state index contributed by atoms with van der Waals surface area (Å²) in [4.78, 5) is 13.2. The number of hydrogen-bond donors (Lipinski definition) is 1. The van der Waals surface area contributed by atoms with E-state index in [1.54, 1.807) is 31.3 Å². The van der Waals surface area contributed by atoms with E-state index in [1.807, 2.05) is 13.0 Å². The molecule has 96 valence electrons. The van der Waals surface area contributed by atoms with Crippen LogP contribution >= 0.6 is 0 Å². The number of benzene rings is 1. The molecule has 0 aliphatic rings. The summed E-state index contributed by atoms with van der Waals surface area (Å²) in [5, 5.41) is 11.2. The molecule has 5 nitrogen and oxygen atoms in total. The molecule has 0 aliphatic heterocycles. The van der Waals surface area contributed by atoms with E-state index in [-0.39, 0.29) is 6.03 Å². The van der Waals surface area contributed by atoms with Gasteiger partial charge in [0.1, 0.15) is 5.75 Å². The highest BCUT2D eigenvalue weighted by Gasteiger charge is 2.07. The summed E-state index contributed by atoms with van der Waals surface area (Å²) in [6.07, 6.45) is 0.327. The third kappa shape index (κ3) is 4.34. The Bertz CT molecular complexity index is 423. The Morgan fingerprint density at radius 1 is 1.44 bits per heavy atom. The normalized spacial score (nSPS) is 9.39. The Morgan fingerprint density at radius 2 is 2.11 bits per heavy atom. The molecular formula is C13H17N3O2. The Kier molecular flexibility index (Phi) is 5.52. The maximum Gasteiger partial charge on any atom is 0.321 e. The van der Waals surface area contributed by atoms with E-state index in [2.05, 4.69) is 5.32 Å². The number of carbonyl (C=O) groups excluding carboxylic acids is 1. The first-order chi connectivity index (χ1) is 8.67. The zero-order valence-corrected chi connectivity index (χ0v) is 10.6. The zero-order chi connectivity index (χ0) is 13.4. The highest BCUT2D eigenvalue weighted by atomic mass is 16.5. The van der Waals surface area contributed by atoms with Crippen LogP contribution in [0.2, 0.25) is 0 Å². The van der Waals surface area contributed by atoms with Gasteiger partial charge in [-0.3, -0.25) is 0 Å². The van der Waals surface area contributed by atoms with Crippen molar-refractivity contribution in [3.63, 3.8) is 0 Å². The van der Waals surface area contributed by atoms with Crippen molar-refractivity contribution in [3.05, 3.63) is 24.3 Å². The number of nitrogens with zero attached hydrogens (tertiary/aromatic N) is 2. The van der Waals surface area contributed by atoms with Gasteiger partial charge < -0.3 is 15.0 Å². The molecule has 0 saturated carbocycles. The van der Waals surface area contributed by atoms with Gasteiger partial charge >= 0.3 is 6.03 Å². The van der Waals surface area contributed by atoms with E-state index >= 15 is 0 Å². The lowest BCUT2D eigenvalue weighted by atomic mass is 10.3. The summed E-state index contributed by atoms with van der Waals surface area (Å²) >= 11 is 0. The number of ether oxygens (including phenoxy) is 1. The largest absolute Gasteiger partial charge is 0.494 e. The number of nitrogens with one attached hydrogen (secondary N) is 1. The van der Waals surface area contributed by atoms with Crippen LogP contribution in [-0.2, 0) is 0 Å². The minimum Gasteiger partial charge on any atom is -0.494 e. The van der Waals surface area contributed by atoms with Gasteiger partial charge in [0.25, 0.3) is 0 Å². The predicted molar refractivity (Wildman–Crippen MR) is 69.5 cm³/mol. The average molecular weight is 247 g/mol. The maximum atomic E-state index is 11.7. The number of rotatable bonds is 5. The van der Waals surface area contributed by atoms with Crippen molar-refractivity contribution in [2.45, 2.75) is 13.3 Å². The Balaban J connectivity index is 2.51. The number of amides is 2. The number of anilines is 1. The van der Waals surface area contributed by atoms with E-state index in [9.17, 15) is 4.79 Å². The van der Waals surface area contributed by atoms with Crippen molar-refractivity contribution in [2.75, 3.05) is 25.5 Å². The lowest BCUT2D eigenvalue weighted by molar-refractivity contribution is 0.223. The predicted octanol–water partition coefficient (Wildman–Crippen LogP) is 2.46. The van der Waals surface area contributed by atoms with E-state index < -0.39 is 0 Å². The molecule has 1 rings (SSSR count). The van der Waals surface area contributed by atoms with Crippen LogP contribution in [-0.4, -0.2) is 31.1 Å². The van der Waals surface area contributed by atoms with Crippen LogP contribution in [0.3, 0.4) is 0 Å².